The monoisotopic (exact) mass is 234 g/mol. The first kappa shape index (κ1) is 13.0. The lowest BCUT2D eigenvalue weighted by atomic mass is 10.0. The van der Waals surface area contributed by atoms with Crippen LogP contribution in [0.5, 0.6) is 0 Å². The number of carbonyl (C=O) groups is 2. The molecular weight excluding hydrogens is 220 g/mol. The van der Waals surface area contributed by atoms with Crippen LogP contribution in [0, 0.1) is 5.92 Å². The Labute approximate surface area is 99.5 Å². The Morgan fingerprint density at radius 1 is 1.35 bits per heavy atom. The largest absolute Gasteiger partial charge is 0.481 e. The maximum absolute atomic E-state index is 11.0. The molecule has 0 aliphatic carbocycles. The lowest BCUT2D eigenvalue weighted by Gasteiger charge is -2.05. The normalized spacial score (nSPS) is 12.3. The van der Waals surface area contributed by atoms with Crippen LogP contribution >= 0.6 is 0 Å². The Morgan fingerprint density at radius 2 is 2.00 bits per heavy atom. The highest BCUT2D eigenvalue weighted by Gasteiger charge is 2.18. The number of carboxylic acid groups (broad SMARTS) is 1. The molecule has 1 N–H and O–H groups in total. The number of aliphatic carboxylic acids is 1. The van der Waals surface area contributed by atoms with E-state index in [-0.39, 0.29) is 6.42 Å². The highest BCUT2D eigenvalue weighted by molar-refractivity contribution is 5.81. The average Bonchev–Trinajstić information content (AvgIpc) is 2.35. The van der Waals surface area contributed by atoms with Crippen LogP contribution < -0.4 is 0 Å². The van der Waals surface area contributed by atoms with E-state index in [1.807, 2.05) is 30.3 Å². The first-order chi connectivity index (χ1) is 8.13. The van der Waals surface area contributed by atoms with Gasteiger partial charge in [0.2, 0.25) is 0 Å². The van der Waals surface area contributed by atoms with Crippen molar-refractivity contribution in [3.63, 3.8) is 0 Å². The van der Waals surface area contributed by atoms with Crippen molar-refractivity contribution in [2.45, 2.75) is 6.42 Å². The van der Waals surface area contributed by atoms with E-state index in [0.29, 0.717) is 0 Å². The van der Waals surface area contributed by atoms with Crippen molar-refractivity contribution in [1.29, 1.82) is 0 Å². The SMILES string of the molecule is COC(=O)CC(/C=C/c1ccccc1)C(=O)O. The molecule has 0 bridgehead atoms. The summed E-state index contributed by atoms with van der Waals surface area (Å²) >= 11 is 0. The number of methoxy groups -OCH3 is 1. The van der Waals surface area contributed by atoms with E-state index < -0.39 is 17.9 Å². The molecular formula is C13H14O4. The molecule has 0 heterocycles. The summed E-state index contributed by atoms with van der Waals surface area (Å²) in [5, 5.41) is 8.94. The molecule has 0 spiro atoms. The summed E-state index contributed by atoms with van der Waals surface area (Å²) in [7, 11) is 1.24. The van der Waals surface area contributed by atoms with E-state index in [9.17, 15) is 9.59 Å². The lowest BCUT2D eigenvalue weighted by molar-refractivity contribution is -0.148. The third-order valence-corrected chi connectivity index (χ3v) is 2.25. The Balaban J connectivity index is 2.70. The van der Waals surface area contributed by atoms with Crippen LogP contribution in [0.15, 0.2) is 36.4 Å². The summed E-state index contributed by atoms with van der Waals surface area (Å²) in [5.74, 6) is -2.43. The highest BCUT2D eigenvalue weighted by atomic mass is 16.5. The van der Waals surface area contributed by atoms with Gasteiger partial charge in [0, 0.05) is 0 Å². The van der Waals surface area contributed by atoms with Gasteiger partial charge >= 0.3 is 11.9 Å². The molecule has 1 rings (SSSR count). The van der Waals surface area contributed by atoms with Crippen LogP contribution in [-0.2, 0) is 14.3 Å². The minimum absolute atomic E-state index is 0.158. The average molecular weight is 234 g/mol. The predicted octanol–water partition coefficient (Wildman–Crippen LogP) is 1.96. The summed E-state index contributed by atoms with van der Waals surface area (Å²) in [6.07, 6.45) is 3.02. The summed E-state index contributed by atoms with van der Waals surface area (Å²) in [6, 6.07) is 9.30. The number of esters is 1. The molecule has 1 aromatic rings. The van der Waals surface area contributed by atoms with Gasteiger partial charge < -0.3 is 9.84 Å². The van der Waals surface area contributed by atoms with Crippen molar-refractivity contribution < 1.29 is 19.4 Å². The minimum atomic E-state index is -1.04. The Morgan fingerprint density at radius 3 is 2.53 bits per heavy atom. The molecule has 1 atom stereocenters. The van der Waals surface area contributed by atoms with Crippen molar-refractivity contribution in [3.8, 4) is 0 Å². The zero-order valence-corrected chi connectivity index (χ0v) is 9.50. The third-order valence-electron chi connectivity index (χ3n) is 2.25. The number of carbonyl (C=O) groups excluding carboxylic acids is 1. The van der Waals surface area contributed by atoms with Gasteiger partial charge in [-0.05, 0) is 5.56 Å². The maximum atomic E-state index is 11.0. The summed E-state index contributed by atoms with van der Waals surface area (Å²) in [5.41, 5.74) is 0.892. The second-order valence-electron chi connectivity index (χ2n) is 3.49. The fourth-order valence-electron chi connectivity index (χ4n) is 1.29. The summed E-state index contributed by atoms with van der Waals surface area (Å²) in [6.45, 7) is 0. The molecule has 0 fully saturated rings. The van der Waals surface area contributed by atoms with E-state index in [2.05, 4.69) is 4.74 Å². The quantitative estimate of drug-likeness (QED) is 0.791. The van der Waals surface area contributed by atoms with E-state index in [1.54, 1.807) is 6.08 Å². The van der Waals surface area contributed by atoms with Crippen molar-refractivity contribution in [1.82, 2.24) is 0 Å². The van der Waals surface area contributed by atoms with Gasteiger partial charge in [-0.15, -0.1) is 0 Å². The second kappa shape index (κ2) is 6.48. The molecule has 0 saturated carbocycles. The molecule has 0 radical (unpaired) electrons. The molecule has 90 valence electrons. The molecule has 0 aliphatic rings. The van der Waals surface area contributed by atoms with Crippen LogP contribution in [0.2, 0.25) is 0 Å². The van der Waals surface area contributed by atoms with Gasteiger partial charge in [-0.2, -0.15) is 0 Å². The number of hydrogen-bond acceptors (Lipinski definition) is 3. The fraction of sp³-hybridized carbons (Fsp3) is 0.231. The van der Waals surface area contributed by atoms with Gasteiger partial charge in [0.25, 0.3) is 0 Å². The number of benzene rings is 1. The van der Waals surface area contributed by atoms with Crippen LogP contribution in [0.1, 0.15) is 12.0 Å². The van der Waals surface area contributed by atoms with Crippen LogP contribution in [0.25, 0.3) is 6.08 Å². The number of ether oxygens (including phenoxy) is 1. The molecule has 0 aromatic heterocycles. The topological polar surface area (TPSA) is 63.6 Å². The van der Waals surface area contributed by atoms with Gasteiger partial charge in [-0.3, -0.25) is 9.59 Å². The number of hydrogen-bond donors (Lipinski definition) is 1. The summed E-state index contributed by atoms with van der Waals surface area (Å²) in [4.78, 5) is 21.9. The molecule has 0 amide bonds. The molecule has 0 saturated heterocycles. The maximum Gasteiger partial charge on any atom is 0.310 e. The van der Waals surface area contributed by atoms with Gasteiger partial charge in [-0.1, -0.05) is 42.5 Å². The van der Waals surface area contributed by atoms with Crippen LogP contribution in [0.3, 0.4) is 0 Å². The fourth-order valence-corrected chi connectivity index (χ4v) is 1.29. The standard InChI is InChI=1S/C13H14O4/c1-17-12(14)9-11(13(15)16)8-7-10-5-3-2-4-6-10/h2-8,11H,9H2,1H3,(H,15,16)/b8-7+. The Bertz CT molecular complexity index is 409. The zero-order chi connectivity index (χ0) is 12.7. The lowest BCUT2D eigenvalue weighted by Crippen LogP contribution is -2.16. The third kappa shape index (κ3) is 4.51. The van der Waals surface area contributed by atoms with Crippen LogP contribution in [0.4, 0.5) is 0 Å². The van der Waals surface area contributed by atoms with Crippen LogP contribution in [-0.4, -0.2) is 24.2 Å². The first-order valence-electron chi connectivity index (χ1n) is 5.16. The van der Waals surface area contributed by atoms with Gasteiger partial charge in [-0.25, -0.2) is 0 Å². The van der Waals surface area contributed by atoms with Gasteiger partial charge in [0.15, 0.2) is 0 Å². The minimum Gasteiger partial charge on any atom is -0.481 e. The second-order valence-corrected chi connectivity index (χ2v) is 3.49. The van der Waals surface area contributed by atoms with Crippen molar-refractivity contribution >= 4 is 18.0 Å². The molecule has 0 aliphatic heterocycles. The number of rotatable bonds is 5. The van der Waals surface area contributed by atoms with Gasteiger partial charge in [0.05, 0.1) is 19.4 Å². The molecule has 4 nitrogen and oxygen atoms in total. The van der Waals surface area contributed by atoms with Crippen molar-refractivity contribution in [2.75, 3.05) is 7.11 Å². The molecule has 17 heavy (non-hydrogen) atoms. The Kier molecular flexibility index (Phi) is 4.94. The number of carboxylic acids is 1. The zero-order valence-electron chi connectivity index (χ0n) is 9.50. The molecule has 1 unspecified atom stereocenters. The molecule has 4 heteroatoms. The Hall–Kier alpha value is -2.10. The van der Waals surface area contributed by atoms with Crippen molar-refractivity contribution in [2.24, 2.45) is 5.92 Å². The van der Waals surface area contributed by atoms with Gasteiger partial charge in [0.1, 0.15) is 0 Å². The highest BCUT2D eigenvalue weighted by Crippen LogP contribution is 2.10. The molecule has 1 aromatic carbocycles. The smallest absolute Gasteiger partial charge is 0.310 e. The summed E-state index contributed by atoms with van der Waals surface area (Å²) < 4.78 is 4.45. The predicted molar refractivity (Wildman–Crippen MR) is 63.2 cm³/mol. The first-order valence-corrected chi connectivity index (χ1v) is 5.16. The van der Waals surface area contributed by atoms with E-state index >= 15 is 0 Å². The van der Waals surface area contributed by atoms with E-state index in [0.717, 1.165) is 5.56 Å². The van der Waals surface area contributed by atoms with E-state index in [1.165, 1.54) is 13.2 Å². The van der Waals surface area contributed by atoms with Crippen molar-refractivity contribution in [3.05, 3.63) is 42.0 Å². The van der Waals surface area contributed by atoms with E-state index in [4.69, 9.17) is 5.11 Å².